The van der Waals surface area contributed by atoms with Gasteiger partial charge in [-0.25, -0.2) is 4.98 Å². The van der Waals surface area contributed by atoms with E-state index in [1.54, 1.807) is 11.3 Å². The number of nitrogens with zero attached hydrogens (tertiary/aromatic N) is 2. The lowest BCUT2D eigenvalue weighted by Crippen LogP contribution is -2.32. The lowest BCUT2D eigenvalue weighted by atomic mass is 9.99. The van der Waals surface area contributed by atoms with Crippen LogP contribution in [0.3, 0.4) is 0 Å². The number of piperidine rings is 1. The second kappa shape index (κ2) is 6.06. The average Bonchev–Trinajstić information content (AvgIpc) is 2.91. The standard InChI is InChI=1S/C17H22N2S/c1-13-3-5-15(6-4-13)17-18-16(12-20-17)11-19-9-7-14(2)8-10-19/h3-6,12,14H,7-11H2,1-2H3. The van der Waals surface area contributed by atoms with Crippen LogP contribution in [-0.4, -0.2) is 23.0 Å². The fourth-order valence-corrected chi connectivity index (χ4v) is 3.47. The molecule has 1 aliphatic heterocycles. The van der Waals surface area contributed by atoms with E-state index < -0.39 is 0 Å². The Kier molecular flexibility index (Phi) is 4.18. The third kappa shape index (κ3) is 3.28. The van der Waals surface area contributed by atoms with Gasteiger partial charge in [-0.3, -0.25) is 4.90 Å². The zero-order valence-corrected chi connectivity index (χ0v) is 13.1. The number of aromatic nitrogens is 1. The number of likely N-dealkylation sites (tertiary alicyclic amines) is 1. The van der Waals surface area contributed by atoms with Crippen LogP contribution < -0.4 is 0 Å². The minimum absolute atomic E-state index is 0.893. The predicted molar refractivity (Wildman–Crippen MR) is 86.0 cm³/mol. The van der Waals surface area contributed by atoms with E-state index in [2.05, 4.69) is 48.4 Å². The number of aryl methyl sites for hydroxylation is 1. The zero-order valence-electron chi connectivity index (χ0n) is 12.3. The summed E-state index contributed by atoms with van der Waals surface area (Å²) in [7, 11) is 0. The summed E-state index contributed by atoms with van der Waals surface area (Å²) in [6, 6.07) is 8.64. The third-order valence-electron chi connectivity index (χ3n) is 4.11. The molecule has 0 amide bonds. The van der Waals surface area contributed by atoms with Gasteiger partial charge in [0, 0.05) is 17.5 Å². The lowest BCUT2D eigenvalue weighted by molar-refractivity contribution is 0.184. The molecule has 0 saturated carbocycles. The van der Waals surface area contributed by atoms with Crippen LogP contribution in [-0.2, 0) is 6.54 Å². The monoisotopic (exact) mass is 286 g/mol. The largest absolute Gasteiger partial charge is 0.297 e. The van der Waals surface area contributed by atoms with E-state index in [4.69, 9.17) is 4.98 Å². The first-order valence-corrected chi connectivity index (χ1v) is 8.32. The van der Waals surface area contributed by atoms with Gasteiger partial charge in [-0.05, 0) is 38.8 Å². The van der Waals surface area contributed by atoms with Gasteiger partial charge in [0.2, 0.25) is 0 Å². The fourth-order valence-electron chi connectivity index (χ4n) is 2.66. The first-order valence-electron chi connectivity index (χ1n) is 7.44. The fraction of sp³-hybridized carbons (Fsp3) is 0.471. The molecule has 0 aliphatic carbocycles. The molecule has 0 unspecified atom stereocenters. The van der Waals surface area contributed by atoms with Crippen LogP contribution in [0, 0.1) is 12.8 Å². The first-order chi connectivity index (χ1) is 9.70. The Labute approximate surface area is 125 Å². The highest BCUT2D eigenvalue weighted by Gasteiger charge is 2.16. The molecule has 2 heterocycles. The quantitative estimate of drug-likeness (QED) is 0.834. The van der Waals surface area contributed by atoms with Crippen molar-refractivity contribution in [2.75, 3.05) is 13.1 Å². The molecule has 1 aromatic carbocycles. The molecule has 1 aliphatic rings. The molecular weight excluding hydrogens is 264 g/mol. The summed E-state index contributed by atoms with van der Waals surface area (Å²) >= 11 is 1.76. The van der Waals surface area contributed by atoms with Crippen molar-refractivity contribution in [3.05, 3.63) is 40.9 Å². The summed E-state index contributed by atoms with van der Waals surface area (Å²) < 4.78 is 0. The highest BCUT2D eigenvalue weighted by Crippen LogP contribution is 2.25. The molecule has 20 heavy (non-hydrogen) atoms. The Morgan fingerprint density at radius 1 is 1.20 bits per heavy atom. The summed E-state index contributed by atoms with van der Waals surface area (Å²) in [5.41, 5.74) is 3.76. The van der Waals surface area contributed by atoms with E-state index in [0.29, 0.717) is 0 Å². The molecule has 1 saturated heterocycles. The van der Waals surface area contributed by atoms with Crippen molar-refractivity contribution in [2.45, 2.75) is 33.2 Å². The van der Waals surface area contributed by atoms with Gasteiger partial charge in [0.1, 0.15) is 5.01 Å². The maximum absolute atomic E-state index is 4.80. The maximum Gasteiger partial charge on any atom is 0.123 e. The van der Waals surface area contributed by atoms with Crippen LogP contribution in [0.25, 0.3) is 10.6 Å². The molecule has 1 fully saturated rings. The van der Waals surface area contributed by atoms with Gasteiger partial charge < -0.3 is 0 Å². The number of benzene rings is 1. The van der Waals surface area contributed by atoms with E-state index >= 15 is 0 Å². The van der Waals surface area contributed by atoms with Crippen LogP contribution in [0.1, 0.15) is 31.0 Å². The normalized spacial score (nSPS) is 17.5. The van der Waals surface area contributed by atoms with E-state index in [1.807, 2.05) is 0 Å². The summed E-state index contributed by atoms with van der Waals surface area (Å²) in [5, 5.41) is 3.36. The zero-order chi connectivity index (χ0) is 13.9. The van der Waals surface area contributed by atoms with Crippen LogP contribution >= 0.6 is 11.3 Å². The van der Waals surface area contributed by atoms with Gasteiger partial charge in [-0.2, -0.15) is 0 Å². The Morgan fingerprint density at radius 2 is 1.90 bits per heavy atom. The van der Waals surface area contributed by atoms with Gasteiger partial charge in [0.25, 0.3) is 0 Å². The summed E-state index contributed by atoms with van der Waals surface area (Å²) in [6.07, 6.45) is 2.66. The molecule has 0 radical (unpaired) electrons. The molecule has 0 bridgehead atoms. The SMILES string of the molecule is Cc1ccc(-c2nc(CN3CCC(C)CC3)cs2)cc1. The Hall–Kier alpha value is -1.19. The molecule has 0 atom stereocenters. The van der Waals surface area contributed by atoms with E-state index in [1.165, 1.54) is 42.8 Å². The average molecular weight is 286 g/mol. The second-order valence-corrected chi connectivity index (χ2v) is 6.83. The molecule has 1 aromatic heterocycles. The topological polar surface area (TPSA) is 16.1 Å². The van der Waals surface area contributed by atoms with Gasteiger partial charge in [-0.15, -0.1) is 11.3 Å². The molecule has 2 aromatic rings. The smallest absolute Gasteiger partial charge is 0.123 e. The van der Waals surface area contributed by atoms with Gasteiger partial charge in [0.15, 0.2) is 0 Å². The maximum atomic E-state index is 4.80. The number of thiazole rings is 1. The third-order valence-corrected chi connectivity index (χ3v) is 5.05. The van der Waals surface area contributed by atoms with Crippen molar-refractivity contribution >= 4 is 11.3 Å². The Morgan fingerprint density at radius 3 is 2.60 bits per heavy atom. The number of rotatable bonds is 3. The van der Waals surface area contributed by atoms with E-state index in [-0.39, 0.29) is 0 Å². The molecule has 3 heteroatoms. The number of hydrogen-bond acceptors (Lipinski definition) is 3. The van der Waals surface area contributed by atoms with Crippen LogP contribution in [0.4, 0.5) is 0 Å². The Balaban J connectivity index is 1.66. The highest BCUT2D eigenvalue weighted by atomic mass is 32.1. The number of hydrogen-bond donors (Lipinski definition) is 0. The molecule has 0 N–H and O–H groups in total. The minimum atomic E-state index is 0.893. The highest BCUT2D eigenvalue weighted by molar-refractivity contribution is 7.13. The summed E-state index contributed by atoms with van der Waals surface area (Å²) in [6.45, 7) is 7.93. The van der Waals surface area contributed by atoms with Gasteiger partial charge in [-0.1, -0.05) is 36.8 Å². The predicted octanol–water partition coefficient (Wildman–Crippen LogP) is 4.35. The summed E-state index contributed by atoms with van der Waals surface area (Å²) in [4.78, 5) is 7.34. The molecule has 0 spiro atoms. The van der Waals surface area contributed by atoms with Crippen LogP contribution in [0.2, 0.25) is 0 Å². The van der Waals surface area contributed by atoms with Gasteiger partial charge in [0.05, 0.1) is 5.69 Å². The van der Waals surface area contributed by atoms with Crippen molar-refractivity contribution in [1.82, 2.24) is 9.88 Å². The minimum Gasteiger partial charge on any atom is -0.297 e. The van der Waals surface area contributed by atoms with Crippen molar-refractivity contribution < 1.29 is 0 Å². The van der Waals surface area contributed by atoms with Crippen molar-refractivity contribution in [1.29, 1.82) is 0 Å². The van der Waals surface area contributed by atoms with Crippen molar-refractivity contribution in [3.63, 3.8) is 0 Å². The summed E-state index contributed by atoms with van der Waals surface area (Å²) in [5.74, 6) is 0.893. The van der Waals surface area contributed by atoms with E-state index in [0.717, 1.165) is 17.5 Å². The Bertz CT molecular complexity index is 551. The van der Waals surface area contributed by atoms with Crippen LogP contribution in [0.5, 0.6) is 0 Å². The second-order valence-electron chi connectivity index (χ2n) is 5.97. The van der Waals surface area contributed by atoms with Gasteiger partial charge >= 0.3 is 0 Å². The van der Waals surface area contributed by atoms with Crippen molar-refractivity contribution in [2.24, 2.45) is 5.92 Å². The molecule has 2 nitrogen and oxygen atoms in total. The molecule has 3 rings (SSSR count). The van der Waals surface area contributed by atoms with E-state index in [9.17, 15) is 0 Å². The van der Waals surface area contributed by atoms with Crippen LogP contribution in [0.15, 0.2) is 29.6 Å². The molecular formula is C17H22N2S. The molecule has 106 valence electrons. The first kappa shape index (κ1) is 13.8. The van der Waals surface area contributed by atoms with Crippen molar-refractivity contribution in [3.8, 4) is 10.6 Å². The lowest BCUT2D eigenvalue weighted by Gasteiger charge is -2.29.